The zero-order chi connectivity index (χ0) is 13.3. The van der Waals surface area contributed by atoms with E-state index in [2.05, 4.69) is 6.58 Å². The van der Waals surface area contributed by atoms with Gasteiger partial charge in [-0.2, -0.15) is 0 Å². The smallest absolute Gasteiger partial charge is 0.412 e. The van der Waals surface area contributed by atoms with Crippen LogP contribution < -0.4 is 0 Å². The number of hydrogen-bond acceptors (Lipinski definition) is 3. The Morgan fingerprint density at radius 1 is 1.59 bits per heavy atom. The molecule has 0 radical (unpaired) electrons. The first-order valence-electron chi connectivity index (χ1n) is 5.94. The third kappa shape index (κ3) is 3.46. The molecule has 0 saturated carbocycles. The van der Waals surface area contributed by atoms with E-state index in [0.717, 1.165) is 0 Å². The number of carbonyl (C=O) groups is 1. The molecule has 1 atom stereocenters. The topological polar surface area (TPSA) is 38.8 Å². The minimum atomic E-state index is -0.615. The summed E-state index contributed by atoms with van der Waals surface area (Å²) in [5.74, 6) is 0. The number of nitrogens with zero attached hydrogens (tertiary/aromatic N) is 1. The fourth-order valence-electron chi connectivity index (χ4n) is 1.93. The predicted molar refractivity (Wildman–Crippen MR) is 66.7 cm³/mol. The number of carbonyl (C=O) groups excluding carboxylic acids is 1. The maximum Gasteiger partial charge on any atom is 0.412 e. The molecule has 1 heterocycles. The minimum Gasteiger partial charge on any atom is -0.444 e. The third-order valence-corrected chi connectivity index (χ3v) is 2.60. The maximum absolute atomic E-state index is 12.2. The van der Waals surface area contributed by atoms with Crippen molar-refractivity contribution >= 4 is 6.09 Å². The Kier molecular flexibility index (Phi) is 3.87. The molecule has 98 valence electrons. The highest BCUT2D eigenvalue weighted by molar-refractivity contribution is 5.69. The van der Waals surface area contributed by atoms with E-state index in [9.17, 15) is 4.79 Å². The first-order chi connectivity index (χ1) is 7.67. The standard InChI is InChI=1S/C13H23NO3/c1-7-8-10-9-16-13(5,6)14(10)11(15)17-12(2,3)4/h7,10H,1,8-9H2,2-6H3. The molecule has 0 aromatic heterocycles. The summed E-state index contributed by atoms with van der Waals surface area (Å²) >= 11 is 0. The third-order valence-electron chi connectivity index (χ3n) is 2.60. The van der Waals surface area contributed by atoms with Crippen molar-refractivity contribution in [3.8, 4) is 0 Å². The summed E-state index contributed by atoms with van der Waals surface area (Å²) in [7, 11) is 0. The van der Waals surface area contributed by atoms with Crippen molar-refractivity contribution in [2.24, 2.45) is 0 Å². The molecule has 4 heteroatoms. The first-order valence-corrected chi connectivity index (χ1v) is 5.94. The Hall–Kier alpha value is -1.03. The number of amides is 1. The Bertz CT molecular complexity index is 304. The van der Waals surface area contributed by atoms with Crippen molar-refractivity contribution in [2.45, 2.75) is 58.4 Å². The van der Waals surface area contributed by atoms with Gasteiger partial charge in [-0.1, -0.05) is 6.08 Å². The summed E-state index contributed by atoms with van der Waals surface area (Å²) in [4.78, 5) is 13.8. The molecule has 1 aliphatic heterocycles. The molecule has 1 fully saturated rings. The number of rotatable bonds is 2. The monoisotopic (exact) mass is 241 g/mol. The molecule has 0 aromatic carbocycles. The lowest BCUT2D eigenvalue weighted by Crippen LogP contribution is -2.49. The van der Waals surface area contributed by atoms with Crippen molar-refractivity contribution in [2.75, 3.05) is 6.61 Å². The zero-order valence-electron chi connectivity index (χ0n) is 11.4. The molecule has 0 aromatic rings. The average molecular weight is 241 g/mol. The van der Waals surface area contributed by atoms with Gasteiger partial charge in [-0.05, 0) is 41.0 Å². The van der Waals surface area contributed by atoms with Crippen LogP contribution in [-0.2, 0) is 9.47 Å². The van der Waals surface area contributed by atoms with E-state index in [1.54, 1.807) is 11.0 Å². The average Bonchev–Trinajstić information content (AvgIpc) is 2.39. The minimum absolute atomic E-state index is 0.0114. The van der Waals surface area contributed by atoms with Crippen molar-refractivity contribution in [1.29, 1.82) is 0 Å². The molecule has 1 amide bonds. The van der Waals surface area contributed by atoms with Crippen molar-refractivity contribution in [1.82, 2.24) is 4.90 Å². The predicted octanol–water partition coefficient (Wildman–Crippen LogP) is 2.93. The molecule has 0 bridgehead atoms. The number of hydrogen-bond donors (Lipinski definition) is 0. The molecule has 0 spiro atoms. The van der Waals surface area contributed by atoms with Gasteiger partial charge in [0.25, 0.3) is 0 Å². The van der Waals surface area contributed by atoms with Crippen LogP contribution in [0.15, 0.2) is 12.7 Å². The molecule has 0 N–H and O–H groups in total. The summed E-state index contributed by atoms with van der Waals surface area (Å²) in [5.41, 5.74) is -1.11. The Balaban J connectivity index is 2.82. The summed E-state index contributed by atoms with van der Waals surface area (Å²) in [6, 6.07) is 0.0114. The van der Waals surface area contributed by atoms with Crippen LogP contribution in [0.1, 0.15) is 41.0 Å². The first kappa shape index (κ1) is 14.0. The van der Waals surface area contributed by atoms with Gasteiger partial charge in [-0.15, -0.1) is 6.58 Å². The summed E-state index contributed by atoms with van der Waals surface area (Å²) in [6.07, 6.45) is 2.18. The van der Waals surface area contributed by atoms with Crippen LogP contribution in [0, 0.1) is 0 Å². The second-order valence-corrected chi connectivity index (χ2v) is 5.79. The Morgan fingerprint density at radius 2 is 2.18 bits per heavy atom. The van der Waals surface area contributed by atoms with E-state index in [1.165, 1.54) is 0 Å². The lowest BCUT2D eigenvalue weighted by atomic mass is 10.1. The van der Waals surface area contributed by atoms with Gasteiger partial charge < -0.3 is 9.47 Å². The molecule has 1 aliphatic rings. The summed E-state index contributed by atoms with van der Waals surface area (Å²) in [6.45, 7) is 13.6. The van der Waals surface area contributed by atoms with Crippen LogP contribution in [0.4, 0.5) is 4.79 Å². The fourth-order valence-corrected chi connectivity index (χ4v) is 1.93. The molecule has 1 saturated heterocycles. The van der Waals surface area contributed by atoms with E-state index in [-0.39, 0.29) is 12.1 Å². The maximum atomic E-state index is 12.2. The van der Waals surface area contributed by atoms with Crippen molar-refractivity contribution in [3.63, 3.8) is 0 Å². The van der Waals surface area contributed by atoms with Gasteiger partial charge >= 0.3 is 6.09 Å². The second kappa shape index (κ2) is 4.69. The van der Waals surface area contributed by atoms with Crippen LogP contribution in [0.5, 0.6) is 0 Å². The normalized spacial score (nSPS) is 23.6. The molecule has 4 nitrogen and oxygen atoms in total. The largest absolute Gasteiger partial charge is 0.444 e. The Morgan fingerprint density at radius 3 is 2.65 bits per heavy atom. The van der Waals surface area contributed by atoms with Gasteiger partial charge in [-0.25, -0.2) is 4.79 Å². The highest BCUT2D eigenvalue weighted by Gasteiger charge is 2.44. The molecular formula is C13H23NO3. The van der Waals surface area contributed by atoms with Gasteiger partial charge in [0.15, 0.2) is 0 Å². The molecule has 0 aliphatic carbocycles. The van der Waals surface area contributed by atoms with Crippen LogP contribution >= 0.6 is 0 Å². The van der Waals surface area contributed by atoms with Crippen LogP contribution in [0.3, 0.4) is 0 Å². The Labute approximate surface area is 104 Å². The number of ether oxygens (including phenoxy) is 2. The highest BCUT2D eigenvalue weighted by Crippen LogP contribution is 2.30. The molecular weight excluding hydrogens is 218 g/mol. The van der Waals surface area contributed by atoms with Gasteiger partial charge in [0, 0.05) is 0 Å². The quantitative estimate of drug-likeness (QED) is 0.698. The van der Waals surface area contributed by atoms with Crippen LogP contribution in [0.2, 0.25) is 0 Å². The highest BCUT2D eigenvalue weighted by atomic mass is 16.6. The van der Waals surface area contributed by atoms with Gasteiger partial charge in [-0.3, -0.25) is 4.90 Å². The fraction of sp³-hybridized carbons (Fsp3) is 0.769. The lowest BCUT2D eigenvalue weighted by Gasteiger charge is -2.34. The van der Waals surface area contributed by atoms with E-state index in [4.69, 9.17) is 9.47 Å². The molecule has 1 unspecified atom stereocenters. The summed E-state index contributed by atoms with van der Waals surface area (Å²) in [5, 5.41) is 0. The van der Waals surface area contributed by atoms with Gasteiger partial charge in [0.05, 0.1) is 12.6 Å². The van der Waals surface area contributed by atoms with Crippen molar-refractivity contribution in [3.05, 3.63) is 12.7 Å². The second-order valence-electron chi connectivity index (χ2n) is 5.79. The van der Waals surface area contributed by atoms with E-state index in [0.29, 0.717) is 13.0 Å². The lowest BCUT2D eigenvalue weighted by molar-refractivity contribution is -0.0623. The SMILES string of the molecule is C=CCC1COC(C)(C)N1C(=O)OC(C)(C)C. The van der Waals surface area contributed by atoms with Crippen molar-refractivity contribution < 1.29 is 14.3 Å². The van der Waals surface area contributed by atoms with E-state index < -0.39 is 11.3 Å². The van der Waals surface area contributed by atoms with Crippen LogP contribution in [0.25, 0.3) is 0 Å². The van der Waals surface area contributed by atoms with E-state index >= 15 is 0 Å². The van der Waals surface area contributed by atoms with Crippen LogP contribution in [-0.4, -0.2) is 35.0 Å². The zero-order valence-corrected chi connectivity index (χ0v) is 11.4. The van der Waals surface area contributed by atoms with Gasteiger partial charge in [0.2, 0.25) is 0 Å². The van der Waals surface area contributed by atoms with E-state index in [1.807, 2.05) is 34.6 Å². The van der Waals surface area contributed by atoms with Gasteiger partial charge in [0.1, 0.15) is 11.3 Å². The molecule has 1 rings (SSSR count). The molecule has 17 heavy (non-hydrogen) atoms. The summed E-state index contributed by atoms with van der Waals surface area (Å²) < 4.78 is 11.0.